The van der Waals surface area contributed by atoms with E-state index in [9.17, 15) is 4.79 Å². The number of halogens is 2. The van der Waals surface area contributed by atoms with Crippen molar-refractivity contribution in [3.05, 3.63) is 51.3 Å². The van der Waals surface area contributed by atoms with Crippen molar-refractivity contribution in [1.82, 2.24) is 0 Å². The van der Waals surface area contributed by atoms with Gasteiger partial charge in [0.05, 0.1) is 5.02 Å². The highest BCUT2D eigenvalue weighted by Gasteiger charge is 2.05. The first-order valence-corrected chi connectivity index (χ1v) is 5.98. The summed E-state index contributed by atoms with van der Waals surface area (Å²) in [6.45, 7) is 0.226. The van der Waals surface area contributed by atoms with Crippen molar-refractivity contribution >= 4 is 33.8 Å². The van der Waals surface area contributed by atoms with Crippen LogP contribution in [0.2, 0.25) is 5.02 Å². The molecule has 0 saturated heterocycles. The number of aldehydes is 1. The predicted octanol–water partition coefficient (Wildman–Crippen LogP) is 4.09. The lowest BCUT2D eigenvalue weighted by molar-refractivity contribution is 0.109. The van der Waals surface area contributed by atoms with Crippen LogP contribution >= 0.6 is 27.5 Å². The molecule has 5 heteroatoms. The Labute approximate surface area is 111 Å². The van der Waals surface area contributed by atoms with Crippen molar-refractivity contribution in [2.24, 2.45) is 0 Å². The van der Waals surface area contributed by atoms with E-state index in [1.807, 2.05) is 6.07 Å². The molecule has 3 nitrogen and oxygen atoms in total. The molecule has 0 aliphatic heterocycles. The van der Waals surface area contributed by atoms with Crippen molar-refractivity contribution in [2.75, 3.05) is 0 Å². The van der Waals surface area contributed by atoms with E-state index in [-0.39, 0.29) is 12.4 Å². The summed E-state index contributed by atoms with van der Waals surface area (Å²) >= 11 is 9.29. The first-order valence-electron chi connectivity index (χ1n) is 4.81. The standard InChI is InChI=1S/C12H8BrClO3/c13-8-1-4-11(14)12(5-8)16-7-10-3-2-9(6-15)17-10/h1-6H,7H2. The minimum atomic E-state index is 0.226. The van der Waals surface area contributed by atoms with Crippen molar-refractivity contribution in [3.63, 3.8) is 0 Å². The second kappa shape index (κ2) is 5.38. The predicted molar refractivity (Wildman–Crippen MR) is 67.6 cm³/mol. The Morgan fingerprint density at radius 2 is 2.18 bits per heavy atom. The Morgan fingerprint density at radius 1 is 1.35 bits per heavy atom. The number of ether oxygens (including phenoxy) is 1. The number of furan rings is 1. The average molecular weight is 316 g/mol. The summed E-state index contributed by atoms with van der Waals surface area (Å²) in [5.41, 5.74) is 0. The minimum absolute atomic E-state index is 0.226. The summed E-state index contributed by atoms with van der Waals surface area (Å²) < 4.78 is 11.5. The molecule has 0 aliphatic rings. The molecular weight excluding hydrogens is 307 g/mol. The lowest BCUT2D eigenvalue weighted by atomic mass is 10.3. The summed E-state index contributed by atoms with van der Waals surface area (Å²) in [4.78, 5) is 10.4. The molecule has 0 atom stereocenters. The summed E-state index contributed by atoms with van der Waals surface area (Å²) in [5, 5.41) is 0.523. The molecular formula is C12H8BrClO3. The van der Waals surface area contributed by atoms with Gasteiger partial charge in [-0.2, -0.15) is 0 Å². The smallest absolute Gasteiger partial charge is 0.185 e. The van der Waals surface area contributed by atoms with Gasteiger partial charge in [0.2, 0.25) is 0 Å². The van der Waals surface area contributed by atoms with Gasteiger partial charge in [0.25, 0.3) is 0 Å². The lowest BCUT2D eigenvalue weighted by Crippen LogP contribution is -1.94. The van der Waals surface area contributed by atoms with Crippen LogP contribution in [0, 0.1) is 0 Å². The topological polar surface area (TPSA) is 39.4 Å². The Morgan fingerprint density at radius 3 is 2.88 bits per heavy atom. The molecule has 2 aromatic rings. The van der Waals surface area contributed by atoms with Crippen LogP contribution in [0.1, 0.15) is 16.3 Å². The maximum absolute atomic E-state index is 10.4. The van der Waals surface area contributed by atoms with E-state index in [2.05, 4.69) is 15.9 Å². The van der Waals surface area contributed by atoms with E-state index in [0.29, 0.717) is 22.8 Å². The van der Waals surface area contributed by atoms with E-state index in [0.717, 1.165) is 4.47 Å². The highest BCUT2D eigenvalue weighted by Crippen LogP contribution is 2.28. The summed E-state index contributed by atoms with van der Waals surface area (Å²) in [7, 11) is 0. The lowest BCUT2D eigenvalue weighted by Gasteiger charge is -2.06. The van der Waals surface area contributed by atoms with E-state index in [1.54, 1.807) is 24.3 Å². The van der Waals surface area contributed by atoms with Gasteiger partial charge < -0.3 is 9.15 Å². The van der Waals surface area contributed by atoms with Gasteiger partial charge in [-0.25, -0.2) is 0 Å². The van der Waals surface area contributed by atoms with Crippen LogP contribution in [-0.4, -0.2) is 6.29 Å². The first kappa shape index (κ1) is 12.2. The van der Waals surface area contributed by atoms with Gasteiger partial charge in [0.15, 0.2) is 12.0 Å². The molecule has 0 radical (unpaired) electrons. The highest BCUT2D eigenvalue weighted by atomic mass is 79.9. The third-order valence-corrected chi connectivity index (χ3v) is 2.87. The Hall–Kier alpha value is -1.26. The molecule has 17 heavy (non-hydrogen) atoms. The van der Waals surface area contributed by atoms with Crippen LogP contribution < -0.4 is 4.74 Å². The fourth-order valence-electron chi connectivity index (χ4n) is 1.27. The van der Waals surface area contributed by atoms with E-state index >= 15 is 0 Å². The zero-order valence-electron chi connectivity index (χ0n) is 8.65. The molecule has 0 unspecified atom stereocenters. The van der Waals surface area contributed by atoms with Crippen LogP contribution in [0.25, 0.3) is 0 Å². The molecule has 1 aromatic heterocycles. The molecule has 1 aromatic carbocycles. The van der Waals surface area contributed by atoms with E-state index < -0.39 is 0 Å². The molecule has 2 rings (SSSR count). The van der Waals surface area contributed by atoms with Gasteiger partial charge in [-0.05, 0) is 30.3 Å². The van der Waals surface area contributed by atoms with Gasteiger partial charge in [0.1, 0.15) is 18.1 Å². The fraction of sp³-hybridized carbons (Fsp3) is 0.0833. The molecule has 0 saturated carbocycles. The van der Waals surface area contributed by atoms with Gasteiger partial charge in [-0.15, -0.1) is 0 Å². The highest BCUT2D eigenvalue weighted by molar-refractivity contribution is 9.10. The molecule has 0 N–H and O–H groups in total. The summed E-state index contributed by atoms with van der Waals surface area (Å²) in [6, 6.07) is 8.61. The minimum Gasteiger partial charge on any atom is -0.484 e. The quantitative estimate of drug-likeness (QED) is 0.798. The SMILES string of the molecule is O=Cc1ccc(COc2cc(Br)ccc2Cl)o1. The van der Waals surface area contributed by atoms with Crippen LogP contribution in [-0.2, 0) is 6.61 Å². The van der Waals surface area contributed by atoms with Gasteiger partial charge in [-0.3, -0.25) is 4.79 Å². The Kier molecular flexibility index (Phi) is 3.86. The summed E-state index contributed by atoms with van der Waals surface area (Å²) in [5.74, 6) is 1.41. The molecule has 0 fully saturated rings. The van der Waals surface area contributed by atoms with Crippen LogP contribution in [0.4, 0.5) is 0 Å². The second-order valence-corrected chi connectivity index (χ2v) is 4.61. The van der Waals surface area contributed by atoms with Crippen molar-refractivity contribution in [2.45, 2.75) is 6.61 Å². The molecule has 0 amide bonds. The zero-order chi connectivity index (χ0) is 12.3. The molecule has 0 spiro atoms. The van der Waals surface area contributed by atoms with Crippen LogP contribution in [0.15, 0.2) is 39.2 Å². The number of hydrogen-bond acceptors (Lipinski definition) is 3. The van der Waals surface area contributed by atoms with Gasteiger partial charge in [-0.1, -0.05) is 27.5 Å². The maximum Gasteiger partial charge on any atom is 0.185 e. The second-order valence-electron chi connectivity index (χ2n) is 3.29. The summed E-state index contributed by atoms with van der Waals surface area (Å²) in [6.07, 6.45) is 0.648. The van der Waals surface area contributed by atoms with Gasteiger partial charge >= 0.3 is 0 Å². The van der Waals surface area contributed by atoms with Crippen LogP contribution in [0.5, 0.6) is 5.75 Å². The molecule has 0 aliphatic carbocycles. The number of rotatable bonds is 4. The molecule has 0 bridgehead atoms. The largest absolute Gasteiger partial charge is 0.484 e. The number of carbonyl (C=O) groups is 1. The maximum atomic E-state index is 10.4. The first-order chi connectivity index (χ1) is 8.19. The Bertz CT molecular complexity index is 536. The number of carbonyl (C=O) groups excluding carboxylic acids is 1. The monoisotopic (exact) mass is 314 g/mol. The Balaban J connectivity index is 2.06. The van der Waals surface area contributed by atoms with E-state index in [1.165, 1.54) is 0 Å². The van der Waals surface area contributed by atoms with Crippen molar-refractivity contribution in [1.29, 1.82) is 0 Å². The van der Waals surface area contributed by atoms with Crippen molar-refractivity contribution in [3.8, 4) is 5.75 Å². The van der Waals surface area contributed by atoms with Gasteiger partial charge in [0, 0.05) is 4.47 Å². The van der Waals surface area contributed by atoms with E-state index in [4.69, 9.17) is 20.8 Å². The van der Waals surface area contributed by atoms with Crippen LogP contribution in [0.3, 0.4) is 0 Å². The molecule has 1 heterocycles. The fourth-order valence-corrected chi connectivity index (χ4v) is 1.78. The third kappa shape index (κ3) is 3.11. The number of benzene rings is 1. The third-order valence-electron chi connectivity index (χ3n) is 2.06. The normalized spacial score (nSPS) is 10.2. The van der Waals surface area contributed by atoms with Crippen molar-refractivity contribution < 1.29 is 13.9 Å². The molecule has 88 valence electrons. The zero-order valence-corrected chi connectivity index (χ0v) is 11.0. The average Bonchev–Trinajstić information content (AvgIpc) is 2.78. The number of hydrogen-bond donors (Lipinski definition) is 0.